The van der Waals surface area contributed by atoms with Gasteiger partial charge in [-0.05, 0) is 86.2 Å². The molecule has 2 heterocycles. The van der Waals surface area contributed by atoms with Gasteiger partial charge >= 0.3 is 0 Å². The molecule has 0 spiro atoms. The highest BCUT2D eigenvalue weighted by molar-refractivity contribution is 9.10. The Bertz CT molecular complexity index is 1570. The summed E-state index contributed by atoms with van der Waals surface area (Å²) in [4.78, 5) is 32.1. The molecular weight excluding hydrogens is 584 g/mol. The molecule has 0 bridgehead atoms. The van der Waals surface area contributed by atoms with Gasteiger partial charge in [0.2, 0.25) is 5.91 Å². The fourth-order valence-corrected chi connectivity index (χ4v) is 4.80. The van der Waals surface area contributed by atoms with Crippen molar-refractivity contribution < 1.29 is 14.3 Å². The number of fused-ring (bicyclic) bond motifs is 1. The number of nitriles is 1. The number of carbonyl (C=O) groups excluding carboxylic acids is 2. The van der Waals surface area contributed by atoms with Crippen molar-refractivity contribution >= 4 is 33.4 Å². The number of benzene rings is 2. The van der Waals surface area contributed by atoms with Crippen LogP contribution in [0.25, 0.3) is 16.9 Å². The molecule has 4 aromatic rings. The molecule has 41 heavy (non-hydrogen) atoms. The fourth-order valence-electron chi connectivity index (χ4n) is 4.35. The van der Waals surface area contributed by atoms with E-state index >= 15 is 0 Å². The van der Waals surface area contributed by atoms with Gasteiger partial charge in [0.15, 0.2) is 5.65 Å². The van der Waals surface area contributed by atoms with Crippen LogP contribution in [0, 0.1) is 11.3 Å². The van der Waals surface area contributed by atoms with Crippen molar-refractivity contribution in [1.29, 1.82) is 5.26 Å². The van der Waals surface area contributed by atoms with E-state index in [1.165, 1.54) is 6.07 Å². The van der Waals surface area contributed by atoms with Gasteiger partial charge in [0.05, 0.1) is 34.4 Å². The smallest absolute Gasteiger partial charge is 0.251 e. The topological polar surface area (TPSA) is 112 Å². The van der Waals surface area contributed by atoms with Gasteiger partial charge in [0.25, 0.3) is 5.91 Å². The minimum atomic E-state index is -0.386. The molecule has 0 fully saturated rings. The lowest BCUT2D eigenvalue weighted by atomic mass is 10.0. The molecule has 0 aliphatic heterocycles. The van der Waals surface area contributed by atoms with Crippen molar-refractivity contribution in [2.24, 2.45) is 0 Å². The van der Waals surface area contributed by atoms with Crippen molar-refractivity contribution in [1.82, 2.24) is 24.9 Å². The summed E-state index contributed by atoms with van der Waals surface area (Å²) in [5, 5.41) is 15.5. The summed E-state index contributed by atoms with van der Waals surface area (Å²) in [6, 6.07) is 18.4. The Morgan fingerprint density at radius 1 is 1.15 bits per heavy atom. The molecule has 1 atom stereocenters. The second-order valence-corrected chi connectivity index (χ2v) is 11.2. The van der Waals surface area contributed by atoms with E-state index in [0.717, 1.165) is 26.9 Å². The van der Waals surface area contributed by atoms with E-state index in [0.29, 0.717) is 17.7 Å². The van der Waals surface area contributed by atoms with Crippen LogP contribution in [0.15, 0.2) is 71.5 Å². The number of amides is 2. The van der Waals surface area contributed by atoms with E-state index in [1.54, 1.807) is 17.0 Å². The number of nitrogens with one attached hydrogen (secondary N) is 2. The van der Waals surface area contributed by atoms with Crippen LogP contribution in [-0.4, -0.2) is 65.4 Å². The number of halogens is 1. The summed E-state index contributed by atoms with van der Waals surface area (Å²) >= 11 is 3.54. The normalized spacial score (nSPS) is 11.9. The monoisotopic (exact) mass is 616 g/mol. The van der Waals surface area contributed by atoms with E-state index in [9.17, 15) is 14.9 Å². The first-order valence-corrected chi connectivity index (χ1v) is 14.1. The number of likely N-dealkylation sites (N-methyl/N-ethyl adjacent to an activating group) is 1. The Hall–Kier alpha value is -4.20. The molecule has 0 aliphatic rings. The van der Waals surface area contributed by atoms with Gasteiger partial charge in [-0.25, -0.2) is 4.98 Å². The van der Waals surface area contributed by atoms with Gasteiger partial charge in [0, 0.05) is 30.1 Å². The Morgan fingerprint density at radius 2 is 1.90 bits per heavy atom. The minimum Gasteiger partial charge on any atom is -0.490 e. The van der Waals surface area contributed by atoms with Crippen molar-refractivity contribution in [2.75, 3.05) is 27.2 Å². The van der Waals surface area contributed by atoms with Crippen LogP contribution in [0.5, 0.6) is 5.75 Å². The summed E-state index contributed by atoms with van der Waals surface area (Å²) < 4.78 is 8.56. The Labute approximate surface area is 248 Å². The van der Waals surface area contributed by atoms with Crippen LogP contribution in [0.3, 0.4) is 0 Å². The number of hydrogen-bond donors (Lipinski definition) is 2. The van der Waals surface area contributed by atoms with Crippen molar-refractivity contribution in [2.45, 2.75) is 32.4 Å². The molecular formula is C31H33BrN6O3. The number of carbonyl (C=O) groups is 2. The molecule has 0 unspecified atom stereocenters. The van der Waals surface area contributed by atoms with Crippen molar-refractivity contribution in [3.8, 4) is 23.1 Å². The average Bonchev–Trinajstić information content (AvgIpc) is 3.37. The first kappa shape index (κ1) is 29.8. The van der Waals surface area contributed by atoms with E-state index in [4.69, 9.17) is 9.72 Å². The minimum absolute atomic E-state index is 0.0992. The summed E-state index contributed by atoms with van der Waals surface area (Å²) in [6.07, 6.45) is 4.32. The highest BCUT2D eigenvalue weighted by atomic mass is 79.9. The summed E-state index contributed by atoms with van der Waals surface area (Å²) in [6.45, 7) is 4.24. The maximum absolute atomic E-state index is 13.2. The Morgan fingerprint density at radius 3 is 2.56 bits per heavy atom. The van der Waals surface area contributed by atoms with Crippen LogP contribution < -0.4 is 15.4 Å². The number of aromatic nitrogens is 2. The quantitative estimate of drug-likeness (QED) is 0.258. The SMILES string of the molecule is CC(C)Oc1ccc(C(=O)N[C@H](CNC(=O)CN(C)C)Cc2ccc(-c3cn4cccc(Br)c4n3)cc2)cc1C#N. The Balaban J connectivity index is 1.51. The van der Waals surface area contributed by atoms with E-state index < -0.39 is 0 Å². The molecule has 2 amide bonds. The van der Waals surface area contributed by atoms with E-state index in [2.05, 4.69) is 32.6 Å². The summed E-state index contributed by atoms with van der Waals surface area (Å²) in [5.74, 6) is -0.0366. The third kappa shape index (κ3) is 7.93. The molecule has 4 rings (SSSR count). The predicted molar refractivity (Wildman–Crippen MR) is 162 cm³/mol. The largest absolute Gasteiger partial charge is 0.490 e. The number of imidazole rings is 1. The third-order valence-corrected chi connectivity index (χ3v) is 6.85. The maximum Gasteiger partial charge on any atom is 0.251 e. The average molecular weight is 618 g/mol. The lowest BCUT2D eigenvalue weighted by molar-refractivity contribution is -0.121. The number of hydrogen-bond acceptors (Lipinski definition) is 6. The molecule has 0 radical (unpaired) electrons. The van der Waals surface area contributed by atoms with Gasteiger partial charge in [0.1, 0.15) is 11.8 Å². The highest BCUT2D eigenvalue weighted by Gasteiger charge is 2.18. The van der Waals surface area contributed by atoms with Gasteiger partial charge in [-0.2, -0.15) is 5.26 Å². The van der Waals surface area contributed by atoms with E-state index in [-0.39, 0.29) is 42.6 Å². The molecule has 10 heteroatoms. The van der Waals surface area contributed by atoms with Crippen LogP contribution in [0.1, 0.15) is 35.3 Å². The standard InChI is InChI=1S/C31H33BrN6O3/c1-20(2)41-28-12-11-23(15-24(28)16-33)31(40)35-25(17-34-29(39)19-37(3)4)14-21-7-9-22(10-8-21)27-18-38-13-5-6-26(32)30(38)36-27/h5-13,15,18,20,25H,14,17,19H2,1-4H3,(H,34,39)(H,35,40)/t25-/m0/s1. The molecule has 2 aromatic heterocycles. The zero-order valence-corrected chi connectivity index (χ0v) is 25.1. The highest BCUT2D eigenvalue weighted by Crippen LogP contribution is 2.24. The zero-order valence-electron chi connectivity index (χ0n) is 23.5. The molecule has 9 nitrogen and oxygen atoms in total. The first-order valence-electron chi connectivity index (χ1n) is 13.3. The third-order valence-electron chi connectivity index (χ3n) is 6.23. The zero-order chi connectivity index (χ0) is 29.5. The van der Waals surface area contributed by atoms with E-state index in [1.807, 2.05) is 81.1 Å². The second kappa shape index (κ2) is 13.4. The number of rotatable bonds is 11. The summed E-state index contributed by atoms with van der Waals surface area (Å²) in [7, 11) is 3.64. The molecule has 2 N–H and O–H groups in total. The van der Waals surface area contributed by atoms with Crippen LogP contribution >= 0.6 is 15.9 Å². The molecule has 2 aromatic carbocycles. The van der Waals surface area contributed by atoms with Crippen LogP contribution in [0.4, 0.5) is 0 Å². The predicted octanol–water partition coefficient (Wildman–Crippen LogP) is 4.44. The van der Waals surface area contributed by atoms with Gasteiger partial charge in [-0.1, -0.05) is 24.3 Å². The van der Waals surface area contributed by atoms with Gasteiger partial charge in [-0.3, -0.25) is 9.59 Å². The number of ether oxygens (including phenoxy) is 1. The fraction of sp³-hybridized carbons (Fsp3) is 0.290. The Kier molecular flexibility index (Phi) is 9.76. The molecule has 212 valence electrons. The number of pyridine rings is 1. The van der Waals surface area contributed by atoms with Crippen LogP contribution in [0.2, 0.25) is 0 Å². The second-order valence-electron chi connectivity index (χ2n) is 10.3. The first-order chi connectivity index (χ1) is 19.6. The summed E-state index contributed by atoms with van der Waals surface area (Å²) in [5.41, 5.74) is 4.28. The number of nitrogens with zero attached hydrogens (tertiary/aromatic N) is 4. The van der Waals surface area contributed by atoms with Gasteiger partial charge in [-0.15, -0.1) is 0 Å². The van der Waals surface area contributed by atoms with Gasteiger partial charge < -0.3 is 24.7 Å². The molecule has 0 saturated heterocycles. The van der Waals surface area contributed by atoms with Crippen molar-refractivity contribution in [3.63, 3.8) is 0 Å². The lowest BCUT2D eigenvalue weighted by Crippen LogP contribution is -2.46. The van der Waals surface area contributed by atoms with Crippen LogP contribution in [-0.2, 0) is 11.2 Å². The van der Waals surface area contributed by atoms with Crippen molar-refractivity contribution in [3.05, 3.63) is 88.2 Å². The maximum atomic E-state index is 13.2. The molecule has 0 saturated carbocycles. The lowest BCUT2D eigenvalue weighted by Gasteiger charge is -2.21. The molecule has 0 aliphatic carbocycles.